The minimum Gasteiger partial charge on any atom is -0.310 e. The summed E-state index contributed by atoms with van der Waals surface area (Å²) in [5, 5.41) is 11.1. The van der Waals surface area contributed by atoms with Gasteiger partial charge in [0.05, 0.1) is 6.54 Å². The van der Waals surface area contributed by atoms with Crippen LogP contribution in [0.1, 0.15) is 12.7 Å². The maximum absolute atomic E-state index is 4.07. The van der Waals surface area contributed by atoms with Crippen LogP contribution in [-0.4, -0.2) is 26.1 Å². The molecule has 13 heavy (non-hydrogen) atoms. The van der Waals surface area contributed by atoms with E-state index in [-0.39, 0.29) is 0 Å². The SMILES string of the molecule is CCNCc1nnc2ncccn12. The Hall–Kier alpha value is -1.49. The molecule has 0 atom stereocenters. The van der Waals surface area contributed by atoms with Crippen molar-refractivity contribution in [3.63, 3.8) is 0 Å². The zero-order valence-electron chi connectivity index (χ0n) is 7.44. The topological polar surface area (TPSA) is 55.1 Å². The molecular formula is C8H11N5. The zero-order valence-corrected chi connectivity index (χ0v) is 7.44. The van der Waals surface area contributed by atoms with E-state index in [1.807, 2.05) is 16.7 Å². The van der Waals surface area contributed by atoms with Gasteiger partial charge in [0.2, 0.25) is 0 Å². The van der Waals surface area contributed by atoms with Gasteiger partial charge in [0.25, 0.3) is 5.78 Å². The molecule has 2 aromatic heterocycles. The van der Waals surface area contributed by atoms with Gasteiger partial charge in [-0.2, -0.15) is 0 Å². The van der Waals surface area contributed by atoms with Gasteiger partial charge in [0, 0.05) is 12.4 Å². The van der Waals surface area contributed by atoms with Crippen molar-refractivity contribution >= 4 is 5.78 Å². The molecule has 0 aliphatic carbocycles. The molecule has 0 unspecified atom stereocenters. The third-order valence-corrected chi connectivity index (χ3v) is 1.79. The smallest absolute Gasteiger partial charge is 0.254 e. The maximum atomic E-state index is 4.07. The minimum absolute atomic E-state index is 0.649. The molecule has 0 aliphatic rings. The van der Waals surface area contributed by atoms with Crippen LogP contribution in [0, 0.1) is 0 Å². The fourth-order valence-corrected chi connectivity index (χ4v) is 1.15. The molecule has 5 nitrogen and oxygen atoms in total. The molecular weight excluding hydrogens is 166 g/mol. The highest BCUT2D eigenvalue weighted by Gasteiger charge is 2.02. The second-order valence-electron chi connectivity index (χ2n) is 2.69. The van der Waals surface area contributed by atoms with Gasteiger partial charge in [-0.3, -0.25) is 4.40 Å². The van der Waals surface area contributed by atoms with Gasteiger partial charge in [-0.1, -0.05) is 6.92 Å². The summed E-state index contributed by atoms with van der Waals surface area (Å²) in [4.78, 5) is 4.07. The van der Waals surface area contributed by atoms with Crippen molar-refractivity contribution in [2.45, 2.75) is 13.5 Å². The number of nitrogens with zero attached hydrogens (tertiary/aromatic N) is 4. The lowest BCUT2D eigenvalue weighted by atomic mass is 10.5. The summed E-state index contributed by atoms with van der Waals surface area (Å²) in [7, 11) is 0. The van der Waals surface area contributed by atoms with Crippen molar-refractivity contribution in [2.24, 2.45) is 0 Å². The van der Waals surface area contributed by atoms with Gasteiger partial charge in [-0.15, -0.1) is 10.2 Å². The quantitative estimate of drug-likeness (QED) is 0.729. The number of hydrogen-bond donors (Lipinski definition) is 1. The summed E-state index contributed by atoms with van der Waals surface area (Å²) in [6, 6.07) is 1.87. The van der Waals surface area contributed by atoms with Crippen LogP contribution >= 0.6 is 0 Å². The van der Waals surface area contributed by atoms with E-state index < -0.39 is 0 Å². The first-order valence-corrected chi connectivity index (χ1v) is 4.27. The number of nitrogens with one attached hydrogen (secondary N) is 1. The van der Waals surface area contributed by atoms with Crippen molar-refractivity contribution in [3.05, 3.63) is 24.3 Å². The van der Waals surface area contributed by atoms with Crippen LogP contribution in [0.25, 0.3) is 5.78 Å². The Labute approximate surface area is 75.8 Å². The summed E-state index contributed by atoms with van der Waals surface area (Å²) >= 11 is 0. The van der Waals surface area contributed by atoms with Crippen molar-refractivity contribution in [1.29, 1.82) is 0 Å². The normalized spacial score (nSPS) is 10.8. The van der Waals surface area contributed by atoms with Crippen LogP contribution in [0.4, 0.5) is 0 Å². The molecule has 2 aromatic rings. The lowest BCUT2D eigenvalue weighted by molar-refractivity contribution is 0.683. The van der Waals surface area contributed by atoms with Crippen LogP contribution in [0.5, 0.6) is 0 Å². The molecule has 68 valence electrons. The Morgan fingerprint density at radius 3 is 3.23 bits per heavy atom. The molecule has 0 saturated carbocycles. The molecule has 0 amide bonds. The highest BCUT2D eigenvalue weighted by Crippen LogP contribution is 1.98. The van der Waals surface area contributed by atoms with E-state index >= 15 is 0 Å². The summed E-state index contributed by atoms with van der Waals surface area (Å²) in [5.41, 5.74) is 0. The molecule has 5 heteroatoms. The van der Waals surface area contributed by atoms with E-state index in [1.165, 1.54) is 0 Å². The standard InChI is InChI=1S/C8H11N5/c1-2-9-6-7-11-12-8-10-4-3-5-13(7)8/h3-5,9H,2,6H2,1H3. The van der Waals surface area contributed by atoms with E-state index in [4.69, 9.17) is 0 Å². The van der Waals surface area contributed by atoms with Gasteiger partial charge >= 0.3 is 0 Å². The van der Waals surface area contributed by atoms with Crippen molar-refractivity contribution in [2.75, 3.05) is 6.54 Å². The molecule has 0 fully saturated rings. The molecule has 0 bridgehead atoms. The largest absolute Gasteiger partial charge is 0.310 e. The van der Waals surface area contributed by atoms with Crippen molar-refractivity contribution in [3.8, 4) is 0 Å². The van der Waals surface area contributed by atoms with Gasteiger partial charge in [-0.05, 0) is 12.6 Å². The van der Waals surface area contributed by atoms with E-state index in [0.29, 0.717) is 5.78 Å². The highest BCUT2D eigenvalue weighted by atomic mass is 15.3. The minimum atomic E-state index is 0.649. The third-order valence-electron chi connectivity index (χ3n) is 1.79. The van der Waals surface area contributed by atoms with Gasteiger partial charge < -0.3 is 5.32 Å². The molecule has 0 aliphatic heterocycles. The first kappa shape index (κ1) is 8.12. The Morgan fingerprint density at radius 2 is 2.38 bits per heavy atom. The number of aromatic nitrogens is 4. The Bertz CT molecular complexity index is 394. The fourth-order valence-electron chi connectivity index (χ4n) is 1.15. The molecule has 0 aromatic carbocycles. The number of rotatable bonds is 3. The zero-order chi connectivity index (χ0) is 9.10. The van der Waals surface area contributed by atoms with Crippen molar-refractivity contribution < 1.29 is 0 Å². The molecule has 1 N–H and O–H groups in total. The lowest BCUT2D eigenvalue weighted by Crippen LogP contribution is -2.14. The summed E-state index contributed by atoms with van der Waals surface area (Å²) in [6.07, 6.45) is 3.62. The predicted molar refractivity (Wildman–Crippen MR) is 48.2 cm³/mol. The maximum Gasteiger partial charge on any atom is 0.254 e. The van der Waals surface area contributed by atoms with Gasteiger partial charge in [0.1, 0.15) is 0 Å². The fraction of sp³-hybridized carbons (Fsp3) is 0.375. The van der Waals surface area contributed by atoms with Crippen LogP contribution < -0.4 is 5.32 Å². The second kappa shape index (κ2) is 3.49. The van der Waals surface area contributed by atoms with Crippen LogP contribution in [0.2, 0.25) is 0 Å². The van der Waals surface area contributed by atoms with E-state index in [0.717, 1.165) is 18.9 Å². The van der Waals surface area contributed by atoms with Gasteiger partial charge in [0.15, 0.2) is 5.82 Å². The van der Waals surface area contributed by atoms with Crippen molar-refractivity contribution in [1.82, 2.24) is 24.9 Å². The number of fused-ring (bicyclic) bond motifs is 1. The lowest BCUT2D eigenvalue weighted by Gasteiger charge is -1.98. The van der Waals surface area contributed by atoms with E-state index in [2.05, 4.69) is 27.4 Å². The van der Waals surface area contributed by atoms with Crippen LogP contribution in [-0.2, 0) is 6.54 Å². The average molecular weight is 177 g/mol. The monoisotopic (exact) mass is 177 g/mol. The van der Waals surface area contributed by atoms with E-state index in [9.17, 15) is 0 Å². The van der Waals surface area contributed by atoms with Gasteiger partial charge in [-0.25, -0.2) is 4.98 Å². The van der Waals surface area contributed by atoms with E-state index in [1.54, 1.807) is 6.20 Å². The summed E-state index contributed by atoms with van der Waals surface area (Å²) in [5.74, 6) is 1.54. The Morgan fingerprint density at radius 1 is 1.46 bits per heavy atom. The summed E-state index contributed by atoms with van der Waals surface area (Å²) < 4.78 is 1.88. The Kier molecular flexibility index (Phi) is 2.18. The highest BCUT2D eigenvalue weighted by molar-refractivity contribution is 5.25. The van der Waals surface area contributed by atoms with Crippen LogP contribution in [0.3, 0.4) is 0 Å². The molecule has 0 saturated heterocycles. The molecule has 0 spiro atoms. The second-order valence-corrected chi connectivity index (χ2v) is 2.69. The van der Waals surface area contributed by atoms with Crippen LogP contribution in [0.15, 0.2) is 18.5 Å². The Balaban J connectivity index is 2.35. The summed E-state index contributed by atoms with van der Waals surface area (Å²) in [6.45, 7) is 3.71. The average Bonchev–Trinajstić information content (AvgIpc) is 2.58. The predicted octanol–water partition coefficient (Wildman–Crippen LogP) is 0.234. The first-order valence-electron chi connectivity index (χ1n) is 4.27. The third kappa shape index (κ3) is 1.50. The molecule has 2 heterocycles. The number of hydrogen-bond acceptors (Lipinski definition) is 4. The molecule has 2 rings (SSSR count). The first-order chi connectivity index (χ1) is 6.42. The molecule has 0 radical (unpaired) electrons.